The Morgan fingerprint density at radius 3 is 2.25 bits per heavy atom. The highest BCUT2D eigenvalue weighted by molar-refractivity contribution is 5.95. The summed E-state index contributed by atoms with van der Waals surface area (Å²) in [5.41, 5.74) is 4.88. The summed E-state index contributed by atoms with van der Waals surface area (Å²) in [6.07, 6.45) is 0. The predicted octanol–water partition coefficient (Wildman–Crippen LogP) is 2.52. The van der Waals surface area contributed by atoms with E-state index in [1.54, 1.807) is 7.05 Å². The zero-order valence-electron chi connectivity index (χ0n) is 17.7. The Bertz CT molecular complexity index is 828. The Morgan fingerprint density at radius 1 is 1.04 bits per heavy atom. The van der Waals surface area contributed by atoms with Gasteiger partial charge in [-0.2, -0.15) is 0 Å². The van der Waals surface area contributed by atoms with Crippen molar-refractivity contribution in [3.63, 3.8) is 0 Å². The number of hydrogen-bond acceptors (Lipinski definition) is 2. The van der Waals surface area contributed by atoms with E-state index >= 15 is 0 Å². The van der Waals surface area contributed by atoms with Crippen LogP contribution in [0.1, 0.15) is 53.7 Å². The average Bonchev–Trinajstić information content (AvgIpc) is 2.68. The second-order valence-corrected chi connectivity index (χ2v) is 7.70. The predicted molar refractivity (Wildman–Crippen MR) is 114 cm³/mol. The molecule has 2 amide bonds. The van der Waals surface area contributed by atoms with Gasteiger partial charge in [0.1, 0.15) is 6.54 Å². The summed E-state index contributed by atoms with van der Waals surface area (Å²) < 4.78 is 0. The first kappa shape index (κ1) is 21.6. The third kappa shape index (κ3) is 5.20. The molecule has 2 atom stereocenters. The fraction of sp³-hybridized carbons (Fsp3) is 0.391. The van der Waals surface area contributed by atoms with E-state index in [9.17, 15) is 9.59 Å². The molecule has 150 valence electrons. The number of quaternary nitrogens is 1. The SMILES string of the molecule is CNC(=O)c1ccc(C[NH+](C)[C@@H](C)C(=O)Nc2c(C)cccc2C(C)C)cc1. The molecule has 5 nitrogen and oxygen atoms in total. The molecule has 2 aromatic rings. The maximum absolute atomic E-state index is 12.9. The molecule has 0 aromatic heterocycles. The number of para-hydroxylation sites is 1. The lowest BCUT2D eigenvalue weighted by molar-refractivity contribution is -0.907. The Hall–Kier alpha value is -2.66. The van der Waals surface area contributed by atoms with E-state index in [0.717, 1.165) is 27.3 Å². The van der Waals surface area contributed by atoms with Crippen LogP contribution in [0.3, 0.4) is 0 Å². The Labute approximate surface area is 168 Å². The minimum atomic E-state index is -0.210. The van der Waals surface area contributed by atoms with Crippen LogP contribution in [0.2, 0.25) is 0 Å². The van der Waals surface area contributed by atoms with Crippen LogP contribution in [0.25, 0.3) is 0 Å². The van der Waals surface area contributed by atoms with Crippen LogP contribution in [0.5, 0.6) is 0 Å². The monoisotopic (exact) mass is 382 g/mol. The lowest BCUT2D eigenvalue weighted by Crippen LogP contribution is -3.12. The van der Waals surface area contributed by atoms with Crippen LogP contribution in [0.15, 0.2) is 42.5 Å². The first-order chi connectivity index (χ1) is 13.2. The number of nitrogens with one attached hydrogen (secondary N) is 3. The quantitative estimate of drug-likeness (QED) is 0.689. The highest BCUT2D eigenvalue weighted by Crippen LogP contribution is 2.27. The van der Waals surface area contributed by atoms with Crippen LogP contribution in [0, 0.1) is 6.92 Å². The van der Waals surface area contributed by atoms with E-state index in [1.165, 1.54) is 0 Å². The van der Waals surface area contributed by atoms with Crippen molar-refractivity contribution in [3.05, 3.63) is 64.7 Å². The van der Waals surface area contributed by atoms with Crippen molar-refractivity contribution in [2.24, 2.45) is 0 Å². The first-order valence-corrected chi connectivity index (χ1v) is 9.78. The molecular formula is C23H32N3O2+. The standard InChI is InChI=1S/C23H31N3O2/c1-15(2)20-9-7-8-16(3)21(20)25-22(27)17(4)26(6)14-18-10-12-19(13-11-18)23(28)24-5/h7-13,15,17H,14H2,1-6H3,(H,24,28)(H,25,27)/p+1/t17-/m0/s1. The zero-order valence-corrected chi connectivity index (χ0v) is 17.7. The van der Waals surface area contributed by atoms with Crippen molar-refractivity contribution < 1.29 is 14.5 Å². The van der Waals surface area contributed by atoms with E-state index < -0.39 is 0 Å². The number of likely N-dealkylation sites (N-methyl/N-ethyl adjacent to an activating group) is 1. The number of benzene rings is 2. The van der Waals surface area contributed by atoms with Gasteiger partial charge in [0.25, 0.3) is 11.8 Å². The number of rotatable bonds is 7. The summed E-state index contributed by atoms with van der Waals surface area (Å²) in [6.45, 7) is 8.93. The third-order valence-corrected chi connectivity index (χ3v) is 5.23. The van der Waals surface area contributed by atoms with Gasteiger partial charge in [-0.3, -0.25) is 9.59 Å². The smallest absolute Gasteiger partial charge is 0.282 e. The van der Waals surface area contributed by atoms with Gasteiger partial charge in [0.05, 0.1) is 7.05 Å². The van der Waals surface area contributed by atoms with E-state index in [2.05, 4.69) is 30.5 Å². The summed E-state index contributed by atoms with van der Waals surface area (Å²) in [5.74, 6) is 0.254. The largest absolute Gasteiger partial charge is 0.355 e. The molecule has 0 saturated carbocycles. The molecule has 5 heteroatoms. The molecule has 0 aliphatic carbocycles. The van der Waals surface area contributed by atoms with Crippen molar-refractivity contribution in [2.75, 3.05) is 19.4 Å². The molecule has 0 spiro atoms. The van der Waals surface area contributed by atoms with Crippen molar-refractivity contribution in [1.82, 2.24) is 5.32 Å². The topological polar surface area (TPSA) is 62.6 Å². The second-order valence-electron chi connectivity index (χ2n) is 7.70. The molecule has 28 heavy (non-hydrogen) atoms. The molecule has 3 N–H and O–H groups in total. The summed E-state index contributed by atoms with van der Waals surface area (Å²) in [7, 11) is 3.63. The molecule has 0 aliphatic rings. The molecule has 2 aromatic carbocycles. The minimum Gasteiger partial charge on any atom is -0.355 e. The number of carbonyl (C=O) groups is 2. The summed E-state index contributed by atoms with van der Waals surface area (Å²) in [4.78, 5) is 25.6. The van der Waals surface area contributed by atoms with Gasteiger partial charge in [0.15, 0.2) is 6.04 Å². The highest BCUT2D eigenvalue weighted by Gasteiger charge is 2.23. The number of hydrogen-bond donors (Lipinski definition) is 3. The van der Waals surface area contributed by atoms with Crippen molar-refractivity contribution in [2.45, 2.75) is 46.2 Å². The van der Waals surface area contributed by atoms with Gasteiger partial charge >= 0.3 is 0 Å². The van der Waals surface area contributed by atoms with Gasteiger partial charge in [0.2, 0.25) is 0 Å². The fourth-order valence-corrected chi connectivity index (χ4v) is 3.19. The molecule has 0 fully saturated rings. The van der Waals surface area contributed by atoms with Gasteiger partial charge in [0, 0.05) is 23.9 Å². The van der Waals surface area contributed by atoms with Crippen LogP contribution in [-0.4, -0.2) is 32.0 Å². The molecule has 0 bridgehead atoms. The highest BCUT2D eigenvalue weighted by atomic mass is 16.2. The summed E-state index contributed by atoms with van der Waals surface area (Å²) in [6, 6.07) is 13.4. The number of anilines is 1. The van der Waals surface area contributed by atoms with Crippen LogP contribution >= 0.6 is 0 Å². The van der Waals surface area contributed by atoms with Gasteiger partial charge in [-0.1, -0.05) is 44.2 Å². The molecule has 0 heterocycles. The van der Waals surface area contributed by atoms with Gasteiger partial charge in [-0.15, -0.1) is 0 Å². The van der Waals surface area contributed by atoms with E-state index in [4.69, 9.17) is 0 Å². The lowest BCUT2D eigenvalue weighted by Gasteiger charge is -2.23. The molecule has 0 aliphatic heterocycles. The van der Waals surface area contributed by atoms with Crippen molar-refractivity contribution in [3.8, 4) is 0 Å². The van der Waals surface area contributed by atoms with E-state index in [1.807, 2.05) is 57.3 Å². The molecule has 0 saturated heterocycles. The zero-order chi connectivity index (χ0) is 20.8. The number of aryl methyl sites for hydroxylation is 1. The third-order valence-electron chi connectivity index (χ3n) is 5.23. The Morgan fingerprint density at radius 2 is 1.68 bits per heavy atom. The van der Waals surface area contributed by atoms with E-state index in [-0.39, 0.29) is 17.9 Å². The number of amides is 2. The average molecular weight is 383 g/mol. The van der Waals surface area contributed by atoms with Crippen LogP contribution in [-0.2, 0) is 11.3 Å². The Balaban J connectivity index is 2.06. The van der Waals surface area contributed by atoms with Crippen LogP contribution < -0.4 is 15.5 Å². The summed E-state index contributed by atoms with van der Waals surface area (Å²) >= 11 is 0. The molecule has 1 unspecified atom stereocenters. The molecule has 2 rings (SSSR count). The van der Waals surface area contributed by atoms with Crippen LogP contribution in [0.4, 0.5) is 5.69 Å². The van der Waals surface area contributed by atoms with Gasteiger partial charge < -0.3 is 15.5 Å². The van der Waals surface area contributed by atoms with Crippen molar-refractivity contribution >= 4 is 17.5 Å². The van der Waals surface area contributed by atoms with Crippen molar-refractivity contribution in [1.29, 1.82) is 0 Å². The maximum atomic E-state index is 12.9. The molecular weight excluding hydrogens is 350 g/mol. The first-order valence-electron chi connectivity index (χ1n) is 9.78. The second kappa shape index (κ2) is 9.51. The lowest BCUT2D eigenvalue weighted by atomic mass is 9.98. The van der Waals surface area contributed by atoms with Gasteiger partial charge in [-0.05, 0) is 43.0 Å². The fourth-order valence-electron chi connectivity index (χ4n) is 3.19. The number of carbonyl (C=O) groups excluding carboxylic acids is 2. The molecule has 0 radical (unpaired) electrons. The van der Waals surface area contributed by atoms with Gasteiger partial charge in [-0.25, -0.2) is 0 Å². The Kier molecular flexibility index (Phi) is 7.35. The minimum absolute atomic E-state index is 0.00989. The normalized spacial score (nSPS) is 13.1. The van der Waals surface area contributed by atoms with E-state index in [0.29, 0.717) is 18.0 Å². The summed E-state index contributed by atoms with van der Waals surface area (Å²) in [5, 5.41) is 5.76. The maximum Gasteiger partial charge on any atom is 0.282 e.